The molecule has 0 bridgehead atoms. The molecular weight excluding hydrogens is 204 g/mol. The molecule has 3 nitrogen and oxygen atoms in total. The number of hydrogen-bond donors (Lipinski definition) is 1. The Morgan fingerprint density at radius 1 is 1.50 bits per heavy atom. The highest BCUT2D eigenvalue weighted by molar-refractivity contribution is 5.70. The van der Waals surface area contributed by atoms with Gasteiger partial charge < -0.3 is 9.84 Å². The second-order valence-corrected chi connectivity index (χ2v) is 3.94. The Morgan fingerprint density at radius 2 is 2.25 bits per heavy atom. The largest absolute Gasteiger partial charge is 0.491 e. The molecule has 1 atom stereocenters. The van der Waals surface area contributed by atoms with E-state index in [0.717, 1.165) is 24.2 Å². The van der Waals surface area contributed by atoms with Crippen molar-refractivity contribution in [1.82, 2.24) is 0 Å². The van der Waals surface area contributed by atoms with Gasteiger partial charge in [0.25, 0.3) is 0 Å². The van der Waals surface area contributed by atoms with E-state index < -0.39 is 5.97 Å². The molecule has 0 spiro atoms. The van der Waals surface area contributed by atoms with Crippen molar-refractivity contribution in [3.05, 3.63) is 29.8 Å². The second kappa shape index (κ2) is 6.16. The lowest BCUT2D eigenvalue weighted by atomic mass is 10.1. The fourth-order valence-corrected chi connectivity index (χ4v) is 1.60. The predicted octanol–water partition coefficient (Wildman–Crippen LogP) is 2.88. The van der Waals surface area contributed by atoms with Crippen LogP contribution in [0.15, 0.2) is 24.3 Å². The van der Waals surface area contributed by atoms with Gasteiger partial charge in [-0.1, -0.05) is 25.5 Å². The fourth-order valence-electron chi connectivity index (χ4n) is 1.60. The van der Waals surface area contributed by atoms with E-state index in [1.165, 1.54) is 0 Å². The van der Waals surface area contributed by atoms with Crippen LogP contribution < -0.4 is 4.74 Å². The molecule has 0 amide bonds. The van der Waals surface area contributed by atoms with Crippen molar-refractivity contribution in [3.8, 4) is 5.75 Å². The molecule has 0 aliphatic carbocycles. The molecule has 1 rings (SSSR count). The molecule has 1 aromatic carbocycles. The highest BCUT2D eigenvalue weighted by Gasteiger charge is 2.05. The first kappa shape index (κ1) is 12.6. The molecule has 0 heterocycles. The van der Waals surface area contributed by atoms with Gasteiger partial charge in [-0.15, -0.1) is 0 Å². The fraction of sp³-hybridized carbons (Fsp3) is 0.462. The summed E-state index contributed by atoms with van der Waals surface area (Å²) in [5.41, 5.74) is 0.772. The Bertz CT molecular complexity index is 347. The summed E-state index contributed by atoms with van der Waals surface area (Å²) in [4.78, 5) is 10.6. The molecule has 0 fully saturated rings. The third kappa shape index (κ3) is 4.34. The van der Waals surface area contributed by atoms with Crippen LogP contribution in [0.2, 0.25) is 0 Å². The van der Waals surface area contributed by atoms with Crippen LogP contribution in [0.3, 0.4) is 0 Å². The Labute approximate surface area is 96.1 Å². The van der Waals surface area contributed by atoms with Crippen LogP contribution in [-0.2, 0) is 11.2 Å². The average Bonchev–Trinajstić information content (AvgIpc) is 2.17. The number of aliphatic carboxylic acids is 1. The first-order chi connectivity index (χ1) is 7.61. The van der Waals surface area contributed by atoms with Gasteiger partial charge in [-0.05, 0) is 31.0 Å². The molecule has 1 aromatic rings. The van der Waals surface area contributed by atoms with Crippen molar-refractivity contribution in [2.45, 2.75) is 39.2 Å². The monoisotopic (exact) mass is 222 g/mol. The average molecular weight is 222 g/mol. The lowest BCUT2D eigenvalue weighted by Gasteiger charge is -2.14. The third-order valence-corrected chi connectivity index (χ3v) is 2.29. The summed E-state index contributed by atoms with van der Waals surface area (Å²) in [6.45, 7) is 4.13. The van der Waals surface area contributed by atoms with Crippen LogP contribution in [0, 0.1) is 0 Å². The zero-order chi connectivity index (χ0) is 12.0. The van der Waals surface area contributed by atoms with Gasteiger partial charge >= 0.3 is 5.97 Å². The zero-order valence-corrected chi connectivity index (χ0v) is 9.77. The smallest absolute Gasteiger partial charge is 0.307 e. The lowest BCUT2D eigenvalue weighted by molar-refractivity contribution is -0.136. The number of carboxylic acid groups (broad SMARTS) is 1. The normalized spacial score (nSPS) is 12.1. The van der Waals surface area contributed by atoms with E-state index >= 15 is 0 Å². The summed E-state index contributed by atoms with van der Waals surface area (Å²) in [6, 6.07) is 7.27. The minimum Gasteiger partial charge on any atom is -0.491 e. The van der Waals surface area contributed by atoms with Crippen molar-refractivity contribution >= 4 is 5.97 Å². The van der Waals surface area contributed by atoms with Crippen molar-refractivity contribution in [2.24, 2.45) is 0 Å². The molecule has 1 unspecified atom stereocenters. The van der Waals surface area contributed by atoms with Crippen molar-refractivity contribution < 1.29 is 14.6 Å². The molecule has 0 saturated carbocycles. The van der Waals surface area contributed by atoms with E-state index in [-0.39, 0.29) is 12.5 Å². The van der Waals surface area contributed by atoms with E-state index in [9.17, 15) is 4.79 Å². The maximum Gasteiger partial charge on any atom is 0.307 e. The Kier molecular flexibility index (Phi) is 4.83. The standard InChI is InChI=1S/C13H18O3/c1-3-5-10(2)16-12-7-4-6-11(8-12)9-13(14)15/h4,6-8,10H,3,5,9H2,1-2H3,(H,14,15). The van der Waals surface area contributed by atoms with Gasteiger partial charge in [0.05, 0.1) is 12.5 Å². The van der Waals surface area contributed by atoms with Gasteiger partial charge in [0, 0.05) is 0 Å². The first-order valence-corrected chi connectivity index (χ1v) is 5.59. The molecule has 88 valence electrons. The zero-order valence-electron chi connectivity index (χ0n) is 9.77. The highest BCUT2D eigenvalue weighted by Crippen LogP contribution is 2.16. The molecular formula is C13H18O3. The molecule has 0 aliphatic heterocycles. The molecule has 16 heavy (non-hydrogen) atoms. The van der Waals surface area contributed by atoms with Gasteiger partial charge in [-0.2, -0.15) is 0 Å². The van der Waals surface area contributed by atoms with Crippen LogP contribution in [-0.4, -0.2) is 17.2 Å². The molecule has 3 heteroatoms. The maximum absolute atomic E-state index is 10.6. The summed E-state index contributed by atoms with van der Waals surface area (Å²) in [6.07, 6.45) is 2.29. The van der Waals surface area contributed by atoms with Crippen LogP contribution in [0.1, 0.15) is 32.3 Å². The van der Waals surface area contributed by atoms with E-state index in [0.29, 0.717) is 0 Å². The Balaban J connectivity index is 2.63. The number of carbonyl (C=O) groups is 1. The van der Waals surface area contributed by atoms with E-state index in [1.54, 1.807) is 12.1 Å². The Hall–Kier alpha value is -1.51. The first-order valence-electron chi connectivity index (χ1n) is 5.59. The second-order valence-electron chi connectivity index (χ2n) is 3.94. The minimum atomic E-state index is -0.821. The van der Waals surface area contributed by atoms with Crippen LogP contribution in [0.25, 0.3) is 0 Å². The van der Waals surface area contributed by atoms with Crippen molar-refractivity contribution in [2.75, 3.05) is 0 Å². The Morgan fingerprint density at radius 3 is 2.88 bits per heavy atom. The summed E-state index contributed by atoms with van der Waals surface area (Å²) >= 11 is 0. The van der Waals surface area contributed by atoms with E-state index in [4.69, 9.17) is 9.84 Å². The minimum absolute atomic E-state index is 0.0410. The SMILES string of the molecule is CCCC(C)Oc1cccc(CC(=O)O)c1. The van der Waals surface area contributed by atoms with Gasteiger partial charge in [0.15, 0.2) is 0 Å². The topological polar surface area (TPSA) is 46.5 Å². The molecule has 0 aliphatic rings. The maximum atomic E-state index is 10.6. The molecule has 0 saturated heterocycles. The van der Waals surface area contributed by atoms with Gasteiger partial charge in [-0.25, -0.2) is 0 Å². The molecule has 0 aromatic heterocycles. The van der Waals surface area contributed by atoms with Crippen molar-refractivity contribution in [3.63, 3.8) is 0 Å². The predicted molar refractivity (Wildman–Crippen MR) is 62.8 cm³/mol. The highest BCUT2D eigenvalue weighted by atomic mass is 16.5. The molecule has 1 N–H and O–H groups in total. The van der Waals surface area contributed by atoms with E-state index in [2.05, 4.69) is 6.92 Å². The number of benzene rings is 1. The van der Waals surface area contributed by atoms with Crippen LogP contribution in [0.5, 0.6) is 5.75 Å². The number of ether oxygens (including phenoxy) is 1. The molecule has 0 radical (unpaired) electrons. The van der Waals surface area contributed by atoms with Gasteiger partial charge in [0.1, 0.15) is 5.75 Å². The number of rotatable bonds is 6. The van der Waals surface area contributed by atoms with Crippen LogP contribution >= 0.6 is 0 Å². The van der Waals surface area contributed by atoms with Gasteiger partial charge in [-0.3, -0.25) is 4.79 Å². The lowest BCUT2D eigenvalue weighted by Crippen LogP contribution is -2.11. The number of carboxylic acids is 1. The number of hydrogen-bond acceptors (Lipinski definition) is 2. The quantitative estimate of drug-likeness (QED) is 0.805. The van der Waals surface area contributed by atoms with Crippen LogP contribution in [0.4, 0.5) is 0 Å². The van der Waals surface area contributed by atoms with E-state index in [1.807, 2.05) is 19.1 Å². The third-order valence-electron chi connectivity index (χ3n) is 2.29. The van der Waals surface area contributed by atoms with Crippen molar-refractivity contribution in [1.29, 1.82) is 0 Å². The summed E-state index contributed by atoms with van der Waals surface area (Å²) in [7, 11) is 0. The summed E-state index contributed by atoms with van der Waals surface area (Å²) < 4.78 is 5.68. The summed E-state index contributed by atoms with van der Waals surface area (Å²) in [5, 5.41) is 8.68. The summed E-state index contributed by atoms with van der Waals surface area (Å²) in [5.74, 6) is -0.0709. The van der Waals surface area contributed by atoms with Gasteiger partial charge in [0.2, 0.25) is 0 Å².